The number of likely N-dealkylation sites (tertiary alicyclic amines) is 1. The second kappa shape index (κ2) is 7.46. The zero-order chi connectivity index (χ0) is 15.2. The molecule has 21 heavy (non-hydrogen) atoms. The third-order valence-corrected chi connectivity index (χ3v) is 4.21. The standard InChI is InChI=1S/C17H26N2O2/c1-13-6-7-16(9-14(13)2)21-12-17(20)19-8-4-5-15(11-19)10-18-3/h6-7,9,15,18H,4-5,8,10-12H2,1-3H3. The summed E-state index contributed by atoms with van der Waals surface area (Å²) >= 11 is 0. The van der Waals surface area contributed by atoms with Crippen molar-refractivity contribution in [1.29, 1.82) is 0 Å². The third-order valence-electron chi connectivity index (χ3n) is 4.21. The molecule has 1 fully saturated rings. The van der Waals surface area contributed by atoms with Crippen LogP contribution in [0.15, 0.2) is 18.2 Å². The van der Waals surface area contributed by atoms with Crippen molar-refractivity contribution in [3.8, 4) is 5.75 Å². The normalized spacial score (nSPS) is 18.6. The number of aryl methyl sites for hydroxylation is 2. The molecular formula is C17H26N2O2. The van der Waals surface area contributed by atoms with Crippen LogP contribution in [0.2, 0.25) is 0 Å². The Morgan fingerprint density at radius 3 is 2.90 bits per heavy atom. The van der Waals surface area contributed by atoms with Crippen molar-refractivity contribution in [2.75, 3.05) is 33.3 Å². The second-order valence-corrected chi connectivity index (χ2v) is 5.94. The summed E-state index contributed by atoms with van der Waals surface area (Å²) < 4.78 is 5.65. The molecule has 4 nitrogen and oxygen atoms in total. The highest BCUT2D eigenvalue weighted by Gasteiger charge is 2.23. The number of amides is 1. The Labute approximate surface area is 127 Å². The van der Waals surface area contributed by atoms with Crippen LogP contribution in [-0.2, 0) is 4.79 Å². The lowest BCUT2D eigenvalue weighted by Crippen LogP contribution is -2.44. The summed E-state index contributed by atoms with van der Waals surface area (Å²) in [5, 5.41) is 3.20. The fourth-order valence-electron chi connectivity index (χ4n) is 2.79. The van der Waals surface area contributed by atoms with Crippen LogP contribution < -0.4 is 10.1 Å². The summed E-state index contributed by atoms with van der Waals surface area (Å²) in [6, 6.07) is 5.94. The van der Waals surface area contributed by atoms with Gasteiger partial charge in [0.15, 0.2) is 6.61 Å². The predicted molar refractivity (Wildman–Crippen MR) is 84.6 cm³/mol. The third kappa shape index (κ3) is 4.46. The summed E-state index contributed by atoms with van der Waals surface area (Å²) in [5.41, 5.74) is 2.42. The lowest BCUT2D eigenvalue weighted by atomic mass is 9.98. The van der Waals surface area contributed by atoms with Gasteiger partial charge in [-0.2, -0.15) is 0 Å². The first-order valence-electron chi connectivity index (χ1n) is 7.72. The fraction of sp³-hybridized carbons (Fsp3) is 0.588. The zero-order valence-electron chi connectivity index (χ0n) is 13.3. The summed E-state index contributed by atoms with van der Waals surface area (Å²) in [6.45, 7) is 6.93. The van der Waals surface area contributed by atoms with E-state index in [9.17, 15) is 4.79 Å². The van der Waals surface area contributed by atoms with Crippen molar-refractivity contribution < 1.29 is 9.53 Å². The van der Waals surface area contributed by atoms with Gasteiger partial charge in [-0.3, -0.25) is 4.79 Å². The van der Waals surface area contributed by atoms with Crippen molar-refractivity contribution in [2.24, 2.45) is 5.92 Å². The molecule has 0 aliphatic carbocycles. The highest BCUT2D eigenvalue weighted by Crippen LogP contribution is 2.18. The highest BCUT2D eigenvalue weighted by atomic mass is 16.5. The first kappa shape index (κ1) is 15.8. The van der Waals surface area contributed by atoms with E-state index < -0.39 is 0 Å². The topological polar surface area (TPSA) is 41.6 Å². The van der Waals surface area contributed by atoms with E-state index in [4.69, 9.17) is 4.74 Å². The molecule has 1 aromatic rings. The Morgan fingerprint density at radius 1 is 1.38 bits per heavy atom. The van der Waals surface area contributed by atoms with Crippen molar-refractivity contribution in [3.63, 3.8) is 0 Å². The molecule has 0 bridgehead atoms. The maximum absolute atomic E-state index is 12.3. The van der Waals surface area contributed by atoms with Crippen molar-refractivity contribution in [1.82, 2.24) is 10.2 Å². The summed E-state index contributed by atoms with van der Waals surface area (Å²) in [4.78, 5) is 14.2. The number of nitrogens with zero attached hydrogens (tertiary/aromatic N) is 1. The van der Waals surface area contributed by atoms with E-state index in [0.29, 0.717) is 5.92 Å². The minimum Gasteiger partial charge on any atom is -0.484 e. The van der Waals surface area contributed by atoms with Gasteiger partial charge in [0.25, 0.3) is 5.91 Å². The number of piperidine rings is 1. The molecule has 1 N–H and O–H groups in total. The van der Waals surface area contributed by atoms with E-state index in [2.05, 4.69) is 19.2 Å². The number of benzene rings is 1. The monoisotopic (exact) mass is 290 g/mol. The largest absolute Gasteiger partial charge is 0.484 e. The molecule has 2 rings (SSSR count). The van der Waals surface area contributed by atoms with Crippen LogP contribution in [0, 0.1) is 19.8 Å². The SMILES string of the molecule is CNCC1CCCN(C(=O)COc2ccc(C)c(C)c2)C1. The van der Waals surface area contributed by atoms with E-state index in [1.807, 2.05) is 30.1 Å². The van der Waals surface area contributed by atoms with Crippen LogP contribution in [0.5, 0.6) is 5.75 Å². The molecule has 1 heterocycles. The quantitative estimate of drug-likeness (QED) is 0.903. The van der Waals surface area contributed by atoms with Gasteiger partial charge in [0.1, 0.15) is 5.75 Å². The van der Waals surface area contributed by atoms with Gasteiger partial charge >= 0.3 is 0 Å². The second-order valence-electron chi connectivity index (χ2n) is 5.94. The number of carbonyl (C=O) groups excluding carboxylic acids is 1. The molecule has 0 saturated carbocycles. The maximum Gasteiger partial charge on any atom is 0.260 e. The minimum atomic E-state index is 0.0917. The van der Waals surface area contributed by atoms with Gasteiger partial charge in [-0.15, -0.1) is 0 Å². The van der Waals surface area contributed by atoms with E-state index >= 15 is 0 Å². The maximum atomic E-state index is 12.3. The van der Waals surface area contributed by atoms with Gasteiger partial charge in [-0.05, 0) is 69.5 Å². The summed E-state index contributed by atoms with van der Waals surface area (Å²) in [7, 11) is 1.96. The average Bonchev–Trinajstić information content (AvgIpc) is 2.49. The Balaban J connectivity index is 1.84. The van der Waals surface area contributed by atoms with Gasteiger partial charge in [-0.1, -0.05) is 6.07 Å². The predicted octanol–water partition coefficient (Wildman–Crippen LogP) is 2.14. The number of hydrogen-bond acceptors (Lipinski definition) is 3. The van der Waals surface area contributed by atoms with Crippen molar-refractivity contribution in [2.45, 2.75) is 26.7 Å². The van der Waals surface area contributed by atoms with Crippen LogP contribution >= 0.6 is 0 Å². The Kier molecular flexibility index (Phi) is 5.62. The molecule has 0 spiro atoms. The zero-order valence-corrected chi connectivity index (χ0v) is 13.3. The highest BCUT2D eigenvalue weighted by molar-refractivity contribution is 5.77. The molecule has 1 amide bonds. The number of ether oxygens (including phenoxy) is 1. The summed E-state index contributed by atoms with van der Waals surface area (Å²) in [6.07, 6.45) is 2.28. The number of carbonyl (C=O) groups is 1. The molecule has 1 atom stereocenters. The lowest BCUT2D eigenvalue weighted by molar-refractivity contribution is -0.135. The van der Waals surface area contributed by atoms with Crippen LogP contribution in [0.4, 0.5) is 0 Å². The van der Waals surface area contributed by atoms with Gasteiger partial charge in [-0.25, -0.2) is 0 Å². The number of rotatable bonds is 5. The van der Waals surface area contributed by atoms with Gasteiger partial charge < -0.3 is 15.0 Å². The molecule has 1 saturated heterocycles. The van der Waals surface area contributed by atoms with E-state index in [1.165, 1.54) is 17.5 Å². The smallest absolute Gasteiger partial charge is 0.260 e. The van der Waals surface area contributed by atoms with Crippen molar-refractivity contribution >= 4 is 5.91 Å². The van der Waals surface area contributed by atoms with Gasteiger partial charge in [0, 0.05) is 13.1 Å². The summed E-state index contributed by atoms with van der Waals surface area (Å²) in [5.74, 6) is 1.43. The van der Waals surface area contributed by atoms with Crippen LogP contribution in [0.25, 0.3) is 0 Å². The molecule has 116 valence electrons. The molecule has 4 heteroatoms. The molecule has 1 unspecified atom stereocenters. The molecule has 0 radical (unpaired) electrons. The first-order valence-corrected chi connectivity index (χ1v) is 7.72. The van der Waals surface area contributed by atoms with Gasteiger partial charge in [0.05, 0.1) is 0 Å². The first-order chi connectivity index (χ1) is 10.1. The van der Waals surface area contributed by atoms with Crippen LogP contribution in [0.3, 0.4) is 0 Å². The van der Waals surface area contributed by atoms with Crippen molar-refractivity contribution in [3.05, 3.63) is 29.3 Å². The van der Waals surface area contributed by atoms with Crippen LogP contribution in [0.1, 0.15) is 24.0 Å². The number of hydrogen-bond donors (Lipinski definition) is 1. The molecule has 1 aliphatic heterocycles. The minimum absolute atomic E-state index is 0.0917. The molecule has 1 aliphatic rings. The van der Waals surface area contributed by atoms with Crippen LogP contribution in [-0.4, -0.2) is 44.1 Å². The Hall–Kier alpha value is -1.55. The van der Waals surface area contributed by atoms with Gasteiger partial charge in [0.2, 0.25) is 0 Å². The molecule has 0 aromatic heterocycles. The van der Waals surface area contributed by atoms with E-state index in [0.717, 1.165) is 31.8 Å². The Morgan fingerprint density at radius 2 is 2.19 bits per heavy atom. The lowest BCUT2D eigenvalue weighted by Gasteiger charge is -2.32. The van der Waals surface area contributed by atoms with E-state index in [-0.39, 0.29) is 12.5 Å². The fourth-order valence-corrected chi connectivity index (χ4v) is 2.79. The Bertz CT molecular complexity index is 486. The van der Waals surface area contributed by atoms with E-state index in [1.54, 1.807) is 0 Å². The average molecular weight is 290 g/mol. The molecule has 1 aromatic carbocycles. The number of nitrogens with one attached hydrogen (secondary N) is 1. The molecular weight excluding hydrogens is 264 g/mol.